The number of nitrogens with zero attached hydrogens (tertiary/aromatic N) is 2. The highest BCUT2D eigenvalue weighted by Gasteiger charge is 2.23. The molecule has 1 heterocycles. The summed E-state index contributed by atoms with van der Waals surface area (Å²) in [5.74, 6) is 0.998. The standard InChI is InChI=1S/C22H29N3O3/c1-3-18(23-22(27)17-7-5-4-6-8-17)15-25-21(26)14-13-20(24-25)16-9-11-19(28-2)12-10-16/h9-14,17-18H,3-8,15H2,1-2H3,(H,23,27)/t18-/m1/s1. The molecule has 0 radical (unpaired) electrons. The number of amides is 1. The minimum Gasteiger partial charge on any atom is -0.497 e. The minimum atomic E-state index is -0.164. The topological polar surface area (TPSA) is 73.2 Å². The molecule has 1 aromatic carbocycles. The Morgan fingerprint density at radius 3 is 2.54 bits per heavy atom. The molecule has 1 saturated carbocycles. The van der Waals surface area contributed by atoms with Crippen LogP contribution in [-0.2, 0) is 11.3 Å². The molecule has 1 aliphatic rings. The zero-order valence-corrected chi connectivity index (χ0v) is 16.7. The monoisotopic (exact) mass is 383 g/mol. The number of hydrogen-bond donors (Lipinski definition) is 1. The number of rotatable bonds is 7. The number of ether oxygens (including phenoxy) is 1. The molecule has 2 aromatic rings. The van der Waals surface area contributed by atoms with Crippen molar-refractivity contribution in [2.75, 3.05) is 7.11 Å². The molecule has 1 aliphatic carbocycles. The van der Waals surface area contributed by atoms with Crippen molar-refractivity contribution in [3.63, 3.8) is 0 Å². The molecule has 6 heteroatoms. The molecular formula is C22H29N3O3. The van der Waals surface area contributed by atoms with Crippen molar-refractivity contribution in [2.24, 2.45) is 5.92 Å². The van der Waals surface area contributed by atoms with E-state index in [-0.39, 0.29) is 23.4 Å². The summed E-state index contributed by atoms with van der Waals surface area (Å²) >= 11 is 0. The summed E-state index contributed by atoms with van der Waals surface area (Å²) in [6, 6.07) is 10.7. The first kappa shape index (κ1) is 20.1. The third-order valence-corrected chi connectivity index (χ3v) is 5.46. The average molecular weight is 383 g/mol. The van der Waals surface area contributed by atoms with Crippen LogP contribution in [0.5, 0.6) is 5.75 Å². The van der Waals surface area contributed by atoms with Gasteiger partial charge in [0.05, 0.1) is 19.3 Å². The maximum atomic E-state index is 12.6. The fourth-order valence-electron chi connectivity index (χ4n) is 3.66. The smallest absolute Gasteiger partial charge is 0.266 e. The Bertz CT molecular complexity index is 839. The maximum absolute atomic E-state index is 12.6. The Balaban J connectivity index is 1.72. The summed E-state index contributed by atoms with van der Waals surface area (Å²) in [7, 11) is 1.62. The first-order chi connectivity index (χ1) is 13.6. The van der Waals surface area contributed by atoms with Gasteiger partial charge in [-0.25, -0.2) is 4.68 Å². The van der Waals surface area contributed by atoms with Gasteiger partial charge in [-0.15, -0.1) is 0 Å². The zero-order chi connectivity index (χ0) is 19.9. The molecule has 0 saturated heterocycles. The second-order valence-electron chi connectivity index (χ2n) is 7.42. The number of hydrogen-bond acceptors (Lipinski definition) is 4. The molecule has 1 N–H and O–H groups in total. The van der Waals surface area contributed by atoms with Crippen molar-refractivity contribution in [1.29, 1.82) is 0 Å². The van der Waals surface area contributed by atoms with E-state index in [4.69, 9.17) is 4.74 Å². The van der Waals surface area contributed by atoms with Gasteiger partial charge in [-0.1, -0.05) is 26.2 Å². The van der Waals surface area contributed by atoms with Crippen LogP contribution in [0.2, 0.25) is 0 Å². The lowest BCUT2D eigenvalue weighted by atomic mass is 9.88. The van der Waals surface area contributed by atoms with Crippen molar-refractivity contribution in [3.05, 3.63) is 46.8 Å². The van der Waals surface area contributed by atoms with Gasteiger partial charge >= 0.3 is 0 Å². The van der Waals surface area contributed by atoms with Crippen LogP contribution in [0.3, 0.4) is 0 Å². The van der Waals surface area contributed by atoms with Crippen LogP contribution in [0, 0.1) is 5.92 Å². The van der Waals surface area contributed by atoms with Crippen LogP contribution in [0.4, 0.5) is 0 Å². The van der Waals surface area contributed by atoms with Gasteiger partial charge in [-0.05, 0) is 49.6 Å². The van der Waals surface area contributed by atoms with Gasteiger partial charge < -0.3 is 10.1 Å². The summed E-state index contributed by atoms with van der Waals surface area (Å²) < 4.78 is 6.64. The number of carbonyl (C=O) groups is 1. The Kier molecular flexibility index (Phi) is 6.85. The lowest BCUT2D eigenvalue weighted by Gasteiger charge is -2.24. The third-order valence-electron chi connectivity index (χ3n) is 5.46. The molecule has 0 spiro atoms. The SMILES string of the molecule is CC[C@H](Cn1nc(-c2ccc(OC)cc2)ccc1=O)NC(=O)C1CCCCC1. The van der Waals surface area contributed by atoms with Crippen molar-refractivity contribution in [2.45, 2.75) is 58.0 Å². The molecule has 1 atom stereocenters. The molecule has 0 unspecified atom stereocenters. The van der Waals surface area contributed by atoms with E-state index in [1.165, 1.54) is 17.2 Å². The van der Waals surface area contributed by atoms with Gasteiger partial charge in [0.15, 0.2) is 0 Å². The Morgan fingerprint density at radius 2 is 1.89 bits per heavy atom. The van der Waals surface area contributed by atoms with Gasteiger partial charge in [-0.2, -0.15) is 5.10 Å². The Hall–Kier alpha value is -2.63. The molecule has 1 aromatic heterocycles. The predicted octanol–water partition coefficient (Wildman–Crippen LogP) is 3.39. The number of carbonyl (C=O) groups excluding carboxylic acids is 1. The van der Waals surface area contributed by atoms with Gasteiger partial charge in [0.25, 0.3) is 5.56 Å². The molecule has 28 heavy (non-hydrogen) atoms. The number of benzene rings is 1. The van der Waals surface area contributed by atoms with Crippen molar-refractivity contribution in [3.8, 4) is 17.0 Å². The fraction of sp³-hybridized carbons (Fsp3) is 0.500. The molecule has 6 nitrogen and oxygen atoms in total. The molecule has 150 valence electrons. The third kappa shape index (κ3) is 5.00. The molecule has 0 aliphatic heterocycles. The second-order valence-corrected chi connectivity index (χ2v) is 7.42. The largest absolute Gasteiger partial charge is 0.497 e. The zero-order valence-electron chi connectivity index (χ0n) is 16.7. The van der Waals surface area contributed by atoms with Crippen LogP contribution in [0.1, 0.15) is 45.4 Å². The highest BCUT2D eigenvalue weighted by atomic mass is 16.5. The van der Waals surface area contributed by atoms with E-state index in [1.807, 2.05) is 31.2 Å². The van der Waals surface area contributed by atoms with E-state index in [9.17, 15) is 9.59 Å². The van der Waals surface area contributed by atoms with Gasteiger partial charge in [0.2, 0.25) is 5.91 Å². The number of aromatic nitrogens is 2. The number of methoxy groups -OCH3 is 1. The molecule has 3 rings (SSSR count). The quantitative estimate of drug-likeness (QED) is 0.795. The first-order valence-electron chi connectivity index (χ1n) is 10.1. The van der Waals surface area contributed by atoms with Crippen LogP contribution in [0.25, 0.3) is 11.3 Å². The van der Waals surface area contributed by atoms with E-state index in [0.717, 1.165) is 49.1 Å². The summed E-state index contributed by atoms with van der Waals surface area (Å²) in [5, 5.41) is 7.65. The van der Waals surface area contributed by atoms with Gasteiger partial charge in [0, 0.05) is 23.6 Å². The van der Waals surface area contributed by atoms with E-state index >= 15 is 0 Å². The normalized spacial score (nSPS) is 15.8. The second kappa shape index (κ2) is 9.53. The highest BCUT2D eigenvalue weighted by Crippen LogP contribution is 2.24. The maximum Gasteiger partial charge on any atom is 0.266 e. The summed E-state index contributed by atoms with van der Waals surface area (Å²) in [5.41, 5.74) is 1.46. The predicted molar refractivity (Wildman–Crippen MR) is 109 cm³/mol. The lowest BCUT2D eigenvalue weighted by Crippen LogP contribution is -2.43. The average Bonchev–Trinajstić information content (AvgIpc) is 2.75. The van der Waals surface area contributed by atoms with E-state index in [1.54, 1.807) is 13.2 Å². The lowest BCUT2D eigenvalue weighted by molar-refractivity contribution is -0.126. The van der Waals surface area contributed by atoms with Crippen molar-refractivity contribution >= 4 is 5.91 Å². The van der Waals surface area contributed by atoms with Crippen molar-refractivity contribution < 1.29 is 9.53 Å². The summed E-state index contributed by atoms with van der Waals surface area (Å²) in [6.07, 6.45) is 6.15. The molecule has 0 bridgehead atoms. The Morgan fingerprint density at radius 1 is 1.18 bits per heavy atom. The number of nitrogens with one attached hydrogen (secondary N) is 1. The first-order valence-corrected chi connectivity index (χ1v) is 10.1. The van der Waals surface area contributed by atoms with Gasteiger partial charge in [0.1, 0.15) is 5.75 Å². The minimum absolute atomic E-state index is 0.106. The Labute approximate surface area is 165 Å². The fourth-order valence-corrected chi connectivity index (χ4v) is 3.66. The van der Waals surface area contributed by atoms with Crippen LogP contribution in [-0.4, -0.2) is 28.8 Å². The van der Waals surface area contributed by atoms with Crippen LogP contribution in [0.15, 0.2) is 41.2 Å². The summed E-state index contributed by atoms with van der Waals surface area (Å²) in [4.78, 5) is 24.9. The highest BCUT2D eigenvalue weighted by molar-refractivity contribution is 5.79. The molecule has 1 amide bonds. The van der Waals surface area contributed by atoms with Crippen molar-refractivity contribution in [1.82, 2.24) is 15.1 Å². The van der Waals surface area contributed by atoms with E-state index in [2.05, 4.69) is 10.4 Å². The van der Waals surface area contributed by atoms with Crippen LogP contribution < -0.4 is 15.6 Å². The summed E-state index contributed by atoms with van der Waals surface area (Å²) in [6.45, 7) is 2.39. The van der Waals surface area contributed by atoms with Crippen LogP contribution >= 0.6 is 0 Å². The van der Waals surface area contributed by atoms with Gasteiger partial charge in [-0.3, -0.25) is 9.59 Å². The molecular weight excluding hydrogens is 354 g/mol. The molecule has 1 fully saturated rings. The van der Waals surface area contributed by atoms with E-state index < -0.39 is 0 Å². The van der Waals surface area contributed by atoms with E-state index in [0.29, 0.717) is 6.54 Å².